The predicted octanol–water partition coefficient (Wildman–Crippen LogP) is 0.906. The van der Waals surface area contributed by atoms with Crippen molar-refractivity contribution in [1.29, 1.82) is 0 Å². The van der Waals surface area contributed by atoms with Gasteiger partial charge in [-0.1, -0.05) is 11.4 Å². The van der Waals surface area contributed by atoms with Gasteiger partial charge in [0.05, 0.1) is 5.69 Å². The van der Waals surface area contributed by atoms with E-state index in [2.05, 4.69) is 9.59 Å². The lowest BCUT2D eigenvalue weighted by Gasteiger charge is -2.25. The van der Waals surface area contributed by atoms with Gasteiger partial charge in [-0.3, -0.25) is 9.59 Å². The summed E-state index contributed by atoms with van der Waals surface area (Å²) in [5, 5.41) is 3.92. The Labute approximate surface area is 97.6 Å². The van der Waals surface area contributed by atoms with Crippen LogP contribution in [0.4, 0.5) is 0 Å². The van der Waals surface area contributed by atoms with Crippen LogP contribution in [0.25, 0.3) is 0 Å². The largest absolute Gasteiger partial charge is 0.337 e. The number of aromatic nitrogens is 2. The number of rotatable bonds is 2. The number of hydrogen-bond acceptors (Lipinski definition) is 5. The number of hydrogen-bond donors (Lipinski definition) is 0. The Hall–Kier alpha value is -1.30. The van der Waals surface area contributed by atoms with E-state index in [0.717, 1.165) is 17.2 Å². The number of aryl methyl sites for hydroxylation is 1. The summed E-state index contributed by atoms with van der Waals surface area (Å²) in [5.41, 5.74) is 0.756. The third kappa shape index (κ3) is 2.11. The van der Waals surface area contributed by atoms with Gasteiger partial charge in [-0.2, -0.15) is 0 Å². The highest BCUT2D eigenvalue weighted by atomic mass is 32.1. The van der Waals surface area contributed by atoms with Gasteiger partial charge in [0.25, 0.3) is 5.91 Å². The van der Waals surface area contributed by atoms with Gasteiger partial charge >= 0.3 is 0 Å². The maximum atomic E-state index is 12.1. The molecule has 0 unspecified atom stereocenters. The van der Waals surface area contributed by atoms with Crippen LogP contribution in [-0.4, -0.2) is 39.3 Å². The molecule has 6 heteroatoms. The van der Waals surface area contributed by atoms with Crippen molar-refractivity contribution in [3.8, 4) is 0 Å². The fourth-order valence-electron chi connectivity index (χ4n) is 1.71. The van der Waals surface area contributed by atoms with E-state index in [-0.39, 0.29) is 11.7 Å². The summed E-state index contributed by atoms with van der Waals surface area (Å²) in [6, 6.07) is 0. The number of ketones is 1. The van der Waals surface area contributed by atoms with Gasteiger partial charge in [0, 0.05) is 25.9 Å². The van der Waals surface area contributed by atoms with Crippen LogP contribution < -0.4 is 0 Å². The third-order valence-electron chi connectivity index (χ3n) is 2.69. The molecule has 1 aromatic rings. The second kappa shape index (κ2) is 4.69. The molecular weight excluding hydrogens is 226 g/mol. The van der Waals surface area contributed by atoms with Gasteiger partial charge in [-0.05, 0) is 18.0 Å². The fraction of sp³-hybridized carbons (Fsp3) is 0.600. The minimum atomic E-state index is -0.0284. The zero-order valence-electron chi connectivity index (χ0n) is 9.10. The highest BCUT2D eigenvalue weighted by Crippen LogP contribution is 2.16. The molecule has 86 valence electrons. The van der Waals surface area contributed by atoms with Crippen molar-refractivity contribution in [3.63, 3.8) is 0 Å². The molecule has 1 amide bonds. The number of amides is 1. The zero-order valence-corrected chi connectivity index (χ0v) is 9.92. The molecule has 0 radical (unpaired) electrons. The predicted molar refractivity (Wildman–Crippen MR) is 59.4 cm³/mol. The number of Topliss-reactive ketones (excluding diaryl/α,β-unsaturated/α-hetero) is 1. The summed E-state index contributed by atoms with van der Waals surface area (Å²) in [4.78, 5) is 25.5. The molecule has 2 rings (SSSR count). The first-order chi connectivity index (χ1) is 7.72. The molecule has 1 fully saturated rings. The second-order valence-corrected chi connectivity index (χ2v) is 4.49. The Bertz CT molecular complexity index is 406. The number of piperidine rings is 1. The van der Waals surface area contributed by atoms with E-state index in [1.54, 1.807) is 4.90 Å². The molecule has 5 nitrogen and oxygen atoms in total. The summed E-state index contributed by atoms with van der Waals surface area (Å²) < 4.78 is 3.80. The minimum Gasteiger partial charge on any atom is -0.337 e. The van der Waals surface area contributed by atoms with E-state index in [1.165, 1.54) is 0 Å². The number of nitrogens with zero attached hydrogens (tertiary/aromatic N) is 3. The van der Waals surface area contributed by atoms with E-state index >= 15 is 0 Å². The first-order valence-electron chi connectivity index (χ1n) is 5.34. The molecule has 1 saturated heterocycles. The molecule has 0 aromatic carbocycles. The molecule has 0 bridgehead atoms. The maximum absolute atomic E-state index is 12.1. The summed E-state index contributed by atoms with van der Waals surface area (Å²) in [5.74, 6) is 0.210. The SMILES string of the molecule is CCc1nnsc1C(=O)N1CCC(=O)CC1. The van der Waals surface area contributed by atoms with Crippen LogP contribution >= 0.6 is 11.5 Å². The van der Waals surface area contributed by atoms with Crippen LogP contribution in [0.15, 0.2) is 0 Å². The van der Waals surface area contributed by atoms with Crippen molar-refractivity contribution < 1.29 is 9.59 Å². The van der Waals surface area contributed by atoms with Crippen molar-refractivity contribution in [3.05, 3.63) is 10.6 Å². The van der Waals surface area contributed by atoms with Crippen LogP contribution in [-0.2, 0) is 11.2 Å². The van der Waals surface area contributed by atoms with Crippen LogP contribution in [0.3, 0.4) is 0 Å². The topological polar surface area (TPSA) is 63.2 Å². The second-order valence-electron chi connectivity index (χ2n) is 3.73. The number of likely N-dealkylation sites (tertiary alicyclic amines) is 1. The normalized spacial score (nSPS) is 16.6. The lowest BCUT2D eigenvalue weighted by Crippen LogP contribution is -2.38. The molecule has 1 aliphatic rings. The molecule has 2 heterocycles. The molecule has 16 heavy (non-hydrogen) atoms. The highest BCUT2D eigenvalue weighted by Gasteiger charge is 2.25. The van der Waals surface area contributed by atoms with Crippen LogP contribution in [0.5, 0.6) is 0 Å². The van der Waals surface area contributed by atoms with Crippen molar-refractivity contribution >= 4 is 23.2 Å². The Morgan fingerprint density at radius 1 is 1.44 bits per heavy atom. The van der Waals surface area contributed by atoms with Gasteiger partial charge < -0.3 is 4.90 Å². The van der Waals surface area contributed by atoms with E-state index in [9.17, 15) is 9.59 Å². The van der Waals surface area contributed by atoms with Gasteiger partial charge in [0.15, 0.2) is 0 Å². The molecule has 1 aliphatic heterocycles. The Kier molecular flexibility index (Phi) is 3.28. The van der Waals surface area contributed by atoms with Gasteiger partial charge in [0.1, 0.15) is 10.7 Å². The first-order valence-corrected chi connectivity index (χ1v) is 6.12. The lowest BCUT2D eigenvalue weighted by atomic mass is 10.1. The quantitative estimate of drug-likeness (QED) is 0.769. The standard InChI is InChI=1S/C10H13N3O2S/c1-2-8-9(16-12-11-8)10(15)13-5-3-7(14)4-6-13/h2-6H2,1H3. The van der Waals surface area contributed by atoms with Gasteiger partial charge in [0.2, 0.25) is 0 Å². The van der Waals surface area contributed by atoms with Crippen molar-refractivity contribution in [2.75, 3.05) is 13.1 Å². The van der Waals surface area contributed by atoms with Crippen molar-refractivity contribution in [1.82, 2.24) is 14.5 Å². The average Bonchev–Trinajstić information content (AvgIpc) is 2.77. The molecule has 0 saturated carbocycles. The maximum Gasteiger partial charge on any atom is 0.267 e. The smallest absolute Gasteiger partial charge is 0.267 e. The number of carbonyl (C=O) groups is 2. The van der Waals surface area contributed by atoms with Crippen molar-refractivity contribution in [2.45, 2.75) is 26.2 Å². The van der Waals surface area contributed by atoms with E-state index in [4.69, 9.17) is 0 Å². The summed E-state index contributed by atoms with van der Waals surface area (Å²) in [7, 11) is 0. The minimum absolute atomic E-state index is 0.0284. The van der Waals surface area contributed by atoms with Crippen LogP contribution in [0, 0.1) is 0 Å². The fourth-order valence-corrected chi connectivity index (χ4v) is 2.42. The molecule has 0 aliphatic carbocycles. The molecule has 0 N–H and O–H groups in total. The Morgan fingerprint density at radius 3 is 2.75 bits per heavy atom. The third-order valence-corrected chi connectivity index (χ3v) is 3.45. The van der Waals surface area contributed by atoms with Crippen LogP contribution in [0.1, 0.15) is 35.1 Å². The van der Waals surface area contributed by atoms with E-state index in [1.807, 2.05) is 6.92 Å². The zero-order chi connectivity index (χ0) is 11.5. The average molecular weight is 239 g/mol. The van der Waals surface area contributed by atoms with E-state index in [0.29, 0.717) is 37.2 Å². The Morgan fingerprint density at radius 2 is 2.12 bits per heavy atom. The lowest BCUT2D eigenvalue weighted by molar-refractivity contribution is -0.120. The van der Waals surface area contributed by atoms with Gasteiger partial charge in [-0.15, -0.1) is 5.10 Å². The summed E-state index contributed by atoms with van der Waals surface area (Å²) in [6.45, 7) is 3.00. The number of carbonyl (C=O) groups excluding carboxylic acids is 2. The highest BCUT2D eigenvalue weighted by molar-refractivity contribution is 7.08. The van der Waals surface area contributed by atoms with Crippen molar-refractivity contribution in [2.24, 2.45) is 0 Å². The molecule has 1 aromatic heterocycles. The van der Waals surface area contributed by atoms with E-state index < -0.39 is 0 Å². The van der Waals surface area contributed by atoms with Crippen LogP contribution in [0.2, 0.25) is 0 Å². The van der Waals surface area contributed by atoms with Gasteiger partial charge in [-0.25, -0.2) is 0 Å². The first kappa shape index (κ1) is 11.2. The summed E-state index contributed by atoms with van der Waals surface area (Å²) >= 11 is 1.14. The molecule has 0 spiro atoms. The Balaban J connectivity index is 2.10. The molecule has 0 atom stereocenters. The monoisotopic (exact) mass is 239 g/mol. The summed E-state index contributed by atoms with van der Waals surface area (Å²) in [6.07, 6.45) is 1.66. The molecular formula is C10H13N3O2S.